The van der Waals surface area contributed by atoms with E-state index in [1.807, 2.05) is 50.2 Å². The molecule has 256 valence electrons. The van der Waals surface area contributed by atoms with Gasteiger partial charge in [-0.25, -0.2) is 14.0 Å². The van der Waals surface area contributed by atoms with E-state index in [-0.39, 0.29) is 23.8 Å². The predicted octanol–water partition coefficient (Wildman–Crippen LogP) is 11.8. The van der Waals surface area contributed by atoms with Crippen molar-refractivity contribution in [2.45, 2.75) is 117 Å². The van der Waals surface area contributed by atoms with Gasteiger partial charge in [0.2, 0.25) is 0 Å². The molecular formula is C41H55FO5. The molecule has 3 rings (SSSR count). The number of carbonyl (C=O) groups excluding carboxylic acids is 2. The molecule has 0 amide bonds. The Hall–Kier alpha value is -3.67. The molecule has 0 aliphatic carbocycles. The maximum atomic E-state index is 14.5. The van der Waals surface area contributed by atoms with Gasteiger partial charge < -0.3 is 14.2 Å². The molecule has 0 fully saturated rings. The Morgan fingerprint density at radius 3 is 1.68 bits per heavy atom. The van der Waals surface area contributed by atoms with Crippen molar-refractivity contribution in [1.29, 1.82) is 0 Å². The molecule has 47 heavy (non-hydrogen) atoms. The molecule has 1 atom stereocenters. The van der Waals surface area contributed by atoms with Crippen molar-refractivity contribution < 1.29 is 28.2 Å². The van der Waals surface area contributed by atoms with Crippen LogP contribution >= 0.6 is 0 Å². The summed E-state index contributed by atoms with van der Waals surface area (Å²) in [4.78, 5) is 24.9. The third-order valence-electron chi connectivity index (χ3n) is 8.64. The first-order valence-electron chi connectivity index (χ1n) is 17.9. The highest BCUT2D eigenvalue weighted by atomic mass is 19.1. The van der Waals surface area contributed by atoms with Crippen molar-refractivity contribution >= 4 is 11.9 Å². The Balaban J connectivity index is 1.32. The van der Waals surface area contributed by atoms with E-state index in [0.717, 1.165) is 42.4 Å². The van der Waals surface area contributed by atoms with Crippen molar-refractivity contribution in [2.24, 2.45) is 5.92 Å². The van der Waals surface area contributed by atoms with Crippen LogP contribution in [0.2, 0.25) is 0 Å². The maximum Gasteiger partial charge on any atom is 0.343 e. The average Bonchev–Trinajstić information content (AvgIpc) is 3.09. The number of hydrogen-bond acceptors (Lipinski definition) is 5. The lowest BCUT2D eigenvalue weighted by Crippen LogP contribution is -2.13. The van der Waals surface area contributed by atoms with Gasteiger partial charge in [-0.1, -0.05) is 135 Å². The number of benzene rings is 3. The Morgan fingerprint density at radius 1 is 0.638 bits per heavy atom. The van der Waals surface area contributed by atoms with Crippen LogP contribution in [0.5, 0.6) is 11.5 Å². The number of ether oxygens (including phenoxy) is 3. The molecule has 0 bridgehead atoms. The van der Waals surface area contributed by atoms with Crippen LogP contribution < -0.4 is 9.47 Å². The zero-order valence-electron chi connectivity index (χ0n) is 28.9. The fourth-order valence-corrected chi connectivity index (χ4v) is 5.33. The Morgan fingerprint density at radius 2 is 1.15 bits per heavy atom. The maximum absolute atomic E-state index is 14.5. The first-order chi connectivity index (χ1) is 22.9. The number of halogens is 1. The highest BCUT2D eigenvalue weighted by Gasteiger charge is 2.17. The molecule has 0 saturated heterocycles. The second-order valence-electron chi connectivity index (χ2n) is 12.7. The molecule has 0 heterocycles. The summed E-state index contributed by atoms with van der Waals surface area (Å²) >= 11 is 0. The minimum Gasteiger partial charge on any atom is -0.494 e. The smallest absolute Gasteiger partial charge is 0.343 e. The van der Waals surface area contributed by atoms with Gasteiger partial charge >= 0.3 is 11.9 Å². The number of unbranched alkanes of at least 4 members (excludes halogenated alkanes) is 13. The van der Waals surface area contributed by atoms with Crippen LogP contribution in [0, 0.1) is 11.7 Å². The summed E-state index contributed by atoms with van der Waals surface area (Å²) in [5.41, 5.74) is 2.10. The second kappa shape index (κ2) is 22.0. The van der Waals surface area contributed by atoms with Gasteiger partial charge in [0.25, 0.3) is 0 Å². The summed E-state index contributed by atoms with van der Waals surface area (Å²) in [6, 6.07) is 18.7. The van der Waals surface area contributed by atoms with E-state index in [2.05, 4.69) is 6.92 Å². The zero-order valence-corrected chi connectivity index (χ0v) is 28.9. The van der Waals surface area contributed by atoms with Crippen LogP contribution in [0.1, 0.15) is 138 Å². The first kappa shape index (κ1) is 37.8. The molecule has 0 saturated carbocycles. The fourth-order valence-electron chi connectivity index (χ4n) is 5.33. The van der Waals surface area contributed by atoms with E-state index in [1.54, 1.807) is 12.1 Å². The minimum absolute atomic E-state index is 0.0136. The lowest BCUT2D eigenvalue weighted by molar-refractivity contribution is 0.0441. The highest BCUT2D eigenvalue weighted by Crippen LogP contribution is 2.24. The van der Waals surface area contributed by atoms with Crippen molar-refractivity contribution in [3.8, 4) is 22.6 Å². The summed E-state index contributed by atoms with van der Waals surface area (Å²) in [6.07, 6.45) is 19.6. The van der Waals surface area contributed by atoms with Gasteiger partial charge in [-0.05, 0) is 59.9 Å². The molecule has 0 aromatic heterocycles. The van der Waals surface area contributed by atoms with Crippen LogP contribution in [0.15, 0.2) is 66.7 Å². The standard InChI is InChI=1S/C41H55FO5/c1-4-6-7-8-9-10-11-12-13-14-15-16-17-18-29-45-36-25-23-34(24-26-36)33-19-21-35(22-20-33)40(43)47-37-27-28-38(39(42)30-37)41(44)46-31-32(3)5-2/h19-28,30,32H,4-18,29,31H2,1-3H3. The molecule has 0 N–H and O–H groups in total. The molecule has 0 spiro atoms. The second-order valence-corrected chi connectivity index (χ2v) is 12.7. The summed E-state index contributed by atoms with van der Waals surface area (Å²) in [5.74, 6) is -1.09. The number of esters is 2. The Bertz CT molecular complexity index is 1320. The van der Waals surface area contributed by atoms with E-state index in [0.29, 0.717) is 5.56 Å². The molecule has 0 radical (unpaired) electrons. The van der Waals surface area contributed by atoms with Gasteiger partial charge in [-0.15, -0.1) is 0 Å². The molecule has 3 aromatic rings. The third kappa shape index (κ3) is 14.3. The summed E-state index contributed by atoms with van der Waals surface area (Å²) in [6.45, 7) is 7.16. The van der Waals surface area contributed by atoms with Crippen LogP contribution in [-0.2, 0) is 4.74 Å². The monoisotopic (exact) mass is 646 g/mol. The number of rotatable bonds is 23. The van der Waals surface area contributed by atoms with E-state index in [4.69, 9.17) is 14.2 Å². The topological polar surface area (TPSA) is 61.8 Å². The van der Waals surface area contributed by atoms with E-state index in [9.17, 15) is 14.0 Å². The molecule has 0 aliphatic heterocycles. The van der Waals surface area contributed by atoms with Gasteiger partial charge in [0.15, 0.2) is 0 Å². The SMILES string of the molecule is CCCCCCCCCCCCCCCCOc1ccc(-c2ccc(C(=O)Oc3ccc(C(=O)OCC(C)CC)c(F)c3)cc2)cc1. The minimum atomic E-state index is -0.799. The molecule has 3 aromatic carbocycles. The first-order valence-corrected chi connectivity index (χ1v) is 17.9. The van der Waals surface area contributed by atoms with Crippen molar-refractivity contribution in [3.63, 3.8) is 0 Å². The van der Waals surface area contributed by atoms with E-state index in [1.165, 1.54) is 95.6 Å². The average molecular weight is 647 g/mol. The van der Waals surface area contributed by atoms with Gasteiger partial charge in [0.1, 0.15) is 17.3 Å². The Kier molecular flexibility index (Phi) is 17.7. The quantitative estimate of drug-likeness (QED) is 0.0583. The Labute approximate surface area is 282 Å². The lowest BCUT2D eigenvalue weighted by atomic mass is 10.0. The van der Waals surface area contributed by atoms with Gasteiger partial charge in [0.05, 0.1) is 24.3 Å². The predicted molar refractivity (Wildman–Crippen MR) is 189 cm³/mol. The van der Waals surface area contributed by atoms with Crippen LogP contribution in [0.3, 0.4) is 0 Å². The van der Waals surface area contributed by atoms with Gasteiger partial charge in [-0.2, -0.15) is 0 Å². The summed E-state index contributed by atoms with van der Waals surface area (Å²) in [5, 5.41) is 0. The number of carbonyl (C=O) groups is 2. The zero-order chi connectivity index (χ0) is 33.7. The van der Waals surface area contributed by atoms with Gasteiger partial charge in [0, 0.05) is 6.07 Å². The number of hydrogen-bond donors (Lipinski definition) is 0. The molecule has 1 unspecified atom stereocenters. The summed E-state index contributed by atoms with van der Waals surface area (Å²) < 4.78 is 31.0. The molecule has 6 heteroatoms. The molecule has 0 aliphatic rings. The normalized spacial score (nSPS) is 11.7. The highest BCUT2D eigenvalue weighted by molar-refractivity contribution is 5.92. The largest absolute Gasteiger partial charge is 0.494 e. The van der Waals surface area contributed by atoms with E-state index < -0.39 is 17.8 Å². The van der Waals surface area contributed by atoms with Crippen LogP contribution in [-0.4, -0.2) is 25.2 Å². The van der Waals surface area contributed by atoms with Crippen LogP contribution in [0.25, 0.3) is 11.1 Å². The van der Waals surface area contributed by atoms with E-state index >= 15 is 0 Å². The third-order valence-corrected chi connectivity index (χ3v) is 8.64. The molecular weight excluding hydrogens is 591 g/mol. The van der Waals surface area contributed by atoms with Gasteiger partial charge in [-0.3, -0.25) is 0 Å². The molecule has 5 nitrogen and oxygen atoms in total. The van der Waals surface area contributed by atoms with Crippen LogP contribution in [0.4, 0.5) is 4.39 Å². The van der Waals surface area contributed by atoms with Crippen molar-refractivity contribution in [2.75, 3.05) is 13.2 Å². The summed E-state index contributed by atoms with van der Waals surface area (Å²) in [7, 11) is 0. The van der Waals surface area contributed by atoms with Crippen molar-refractivity contribution in [1.82, 2.24) is 0 Å². The lowest BCUT2D eigenvalue weighted by Gasteiger charge is -2.11. The fraction of sp³-hybridized carbons (Fsp3) is 0.512. The van der Waals surface area contributed by atoms with Crippen molar-refractivity contribution in [3.05, 3.63) is 83.7 Å².